The van der Waals surface area contributed by atoms with Crippen LogP contribution in [0.1, 0.15) is 10.4 Å². The Hall–Kier alpha value is -1.93. The highest BCUT2D eigenvalue weighted by atomic mass is 16.6. The maximum atomic E-state index is 10.7. The SMILES string of the molecule is O=C(O)c1cc([N+](=O)[O-])ccc1B(O)O. The molecular weight excluding hydrogens is 205 g/mol. The number of carboxylic acid groups (broad SMARTS) is 1. The van der Waals surface area contributed by atoms with Crippen molar-refractivity contribution >= 4 is 24.2 Å². The van der Waals surface area contributed by atoms with Gasteiger partial charge in [-0.2, -0.15) is 0 Å². The smallest absolute Gasteiger partial charge is 0.478 e. The number of rotatable bonds is 3. The van der Waals surface area contributed by atoms with Crippen molar-refractivity contribution in [2.24, 2.45) is 0 Å². The van der Waals surface area contributed by atoms with E-state index in [2.05, 4.69) is 0 Å². The zero-order valence-corrected chi connectivity index (χ0v) is 7.32. The Morgan fingerprint density at radius 2 is 2.00 bits per heavy atom. The first kappa shape index (κ1) is 11.2. The van der Waals surface area contributed by atoms with Crippen LogP contribution in [0.4, 0.5) is 5.69 Å². The summed E-state index contributed by atoms with van der Waals surface area (Å²) in [5.41, 5.74) is -1.20. The van der Waals surface area contributed by atoms with Crippen LogP contribution in [0.2, 0.25) is 0 Å². The number of hydrogen-bond donors (Lipinski definition) is 3. The van der Waals surface area contributed by atoms with Crippen LogP contribution in [0, 0.1) is 10.1 Å². The summed E-state index contributed by atoms with van der Waals surface area (Å²) in [6.07, 6.45) is 0. The van der Waals surface area contributed by atoms with E-state index >= 15 is 0 Å². The number of benzene rings is 1. The lowest BCUT2D eigenvalue weighted by molar-refractivity contribution is -0.384. The molecule has 0 aliphatic rings. The molecule has 1 aromatic carbocycles. The molecule has 0 aliphatic heterocycles. The van der Waals surface area contributed by atoms with E-state index in [0.29, 0.717) is 0 Å². The molecule has 0 heterocycles. The van der Waals surface area contributed by atoms with Gasteiger partial charge < -0.3 is 15.2 Å². The minimum Gasteiger partial charge on any atom is -0.478 e. The molecule has 78 valence electrons. The van der Waals surface area contributed by atoms with Gasteiger partial charge in [-0.3, -0.25) is 10.1 Å². The fourth-order valence-corrected chi connectivity index (χ4v) is 1.07. The quantitative estimate of drug-likeness (QED) is 0.334. The summed E-state index contributed by atoms with van der Waals surface area (Å²) < 4.78 is 0. The van der Waals surface area contributed by atoms with Crippen LogP contribution in [-0.4, -0.2) is 33.2 Å². The molecule has 1 rings (SSSR count). The van der Waals surface area contributed by atoms with Crippen molar-refractivity contribution in [3.8, 4) is 0 Å². The molecule has 0 radical (unpaired) electrons. The van der Waals surface area contributed by atoms with Crippen LogP contribution in [0.15, 0.2) is 18.2 Å². The molecule has 0 unspecified atom stereocenters. The number of non-ortho nitro benzene ring substituents is 1. The van der Waals surface area contributed by atoms with Gasteiger partial charge in [-0.15, -0.1) is 0 Å². The van der Waals surface area contributed by atoms with Gasteiger partial charge in [0.25, 0.3) is 5.69 Å². The Balaban J connectivity index is 3.33. The van der Waals surface area contributed by atoms with E-state index in [4.69, 9.17) is 15.2 Å². The largest absolute Gasteiger partial charge is 0.489 e. The third-order valence-electron chi connectivity index (χ3n) is 1.76. The molecular formula is C7H6BNO6. The number of carboxylic acids is 1. The fourth-order valence-electron chi connectivity index (χ4n) is 1.07. The summed E-state index contributed by atoms with van der Waals surface area (Å²) in [6, 6.07) is 2.77. The van der Waals surface area contributed by atoms with Gasteiger partial charge in [0.05, 0.1) is 10.5 Å². The molecule has 15 heavy (non-hydrogen) atoms. The van der Waals surface area contributed by atoms with Crippen LogP contribution in [-0.2, 0) is 0 Å². The van der Waals surface area contributed by atoms with Crippen molar-refractivity contribution in [1.82, 2.24) is 0 Å². The first-order chi connectivity index (χ1) is 6.93. The van der Waals surface area contributed by atoms with Crippen molar-refractivity contribution < 1.29 is 24.9 Å². The predicted octanol–water partition coefficient (Wildman–Crippen LogP) is -1.03. The van der Waals surface area contributed by atoms with E-state index in [1.807, 2.05) is 0 Å². The zero-order chi connectivity index (χ0) is 11.6. The third kappa shape index (κ3) is 2.30. The molecule has 0 bridgehead atoms. The van der Waals surface area contributed by atoms with Crippen molar-refractivity contribution in [3.63, 3.8) is 0 Å². The Labute approximate surface area is 83.9 Å². The number of nitro groups is 1. The van der Waals surface area contributed by atoms with Crippen molar-refractivity contribution in [2.45, 2.75) is 0 Å². The summed E-state index contributed by atoms with van der Waals surface area (Å²) in [4.78, 5) is 20.2. The Morgan fingerprint density at radius 1 is 1.40 bits per heavy atom. The monoisotopic (exact) mass is 211 g/mol. The Morgan fingerprint density at radius 3 is 2.40 bits per heavy atom. The zero-order valence-electron chi connectivity index (χ0n) is 7.32. The average Bonchev–Trinajstić information content (AvgIpc) is 2.16. The number of nitrogens with zero attached hydrogens (tertiary/aromatic N) is 1. The van der Waals surface area contributed by atoms with Crippen molar-refractivity contribution in [2.75, 3.05) is 0 Å². The number of hydrogen-bond acceptors (Lipinski definition) is 5. The second-order valence-corrected chi connectivity index (χ2v) is 2.71. The second-order valence-electron chi connectivity index (χ2n) is 2.71. The normalized spacial score (nSPS) is 9.73. The maximum absolute atomic E-state index is 10.7. The van der Waals surface area contributed by atoms with Crippen LogP contribution < -0.4 is 5.46 Å². The second kappa shape index (κ2) is 4.07. The molecule has 0 aliphatic carbocycles. The number of aromatic carboxylic acids is 1. The molecule has 0 saturated carbocycles. The summed E-state index contributed by atoms with van der Waals surface area (Å²) in [7, 11) is -1.98. The van der Waals surface area contributed by atoms with Gasteiger partial charge in [0.1, 0.15) is 0 Å². The van der Waals surface area contributed by atoms with Gasteiger partial charge in [0.2, 0.25) is 0 Å². The van der Waals surface area contributed by atoms with E-state index in [1.54, 1.807) is 0 Å². The van der Waals surface area contributed by atoms with Gasteiger partial charge in [-0.25, -0.2) is 4.79 Å². The van der Waals surface area contributed by atoms with E-state index in [0.717, 1.165) is 18.2 Å². The highest BCUT2D eigenvalue weighted by molar-refractivity contribution is 6.60. The van der Waals surface area contributed by atoms with Crippen molar-refractivity contribution in [3.05, 3.63) is 33.9 Å². The summed E-state index contributed by atoms with van der Waals surface area (Å²) in [5.74, 6) is -1.46. The number of carbonyl (C=O) groups is 1. The predicted molar refractivity (Wildman–Crippen MR) is 49.9 cm³/mol. The van der Waals surface area contributed by atoms with Crippen LogP contribution in [0.5, 0.6) is 0 Å². The molecule has 7 nitrogen and oxygen atoms in total. The van der Waals surface area contributed by atoms with Gasteiger partial charge >= 0.3 is 13.1 Å². The third-order valence-corrected chi connectivity index (χ3v) is 1.76. The van der Waals surface area contributed by atoms with E-state index in [-0.39, 0.29) is 5.46 Å². The average molecular weight is 211 g/mol. The first-order valence-electron chi connectivity index (χ1n) is 3.81. The van der Waals surface area contributed by atoms with Gasteiger partial charge in [-0.1, -0.05) is 6.07 Å². The minimum absolute atomic E-state index is 0.284. The molecule has 1 aromatic rings. The lowest BCUT2D eigenvalue weighted by Crippen LogP contribution is -2.34. The molecule has 0 fully saturated rings. The van der Waals surface area contributed by atoms with Crippen LogP contribution >= 0.6 is 0 Å². The van der Waals surface area contributed by atoms with E-state index in [9.17, 15) is 14.9 Å². The highest BCUT2D eigenvalue weighted by Crippen LogP contribution is 2.11. The minimum atomic E-state index is -1.98. The van der Waals surface area contributed by atoms with Gasteiger partial charge in [-0.05, 0) is 5.46 Å². The molecule has 0 atom stereocenters. The Kier molecular flexibility index (Phi) is 3.03. The highest BCUT2D eigenvalue weighted by Gasteiger charge is 2.22. The van der Waals surface area contributed by atoms with Gasteiger partial charge in [0, 0.05) is 12.1 Å². The van der Waals surface area contributed by atoms with E-state index in [1.165, 1.54) is 0 Å². The maximum Gasteiger partial charge on any atom is 0.489 e. The van der Waals surface area contributed by atoms with Crippen molar-refractivity contribution in [1.29, 1.82) is 0 Å². The summed E-state index contributed by atoms with van der Waals surface area (Å²) in [5, 5.41) is 36.6. The molecule has 3 N–H and O–H groups in total. The Bertz CT molecular complexity index is 418. The molecule has 0 saturated heterocycles. The van der Waals surface area contributed by atoms with Gasteiger partial charge in [0.15, 0.2) is 0 Å². The number of nitro benzene ring substituents is 1. The molecule has 8 heteroatoms. The van der Waals surface area contributed by atoms with E-state index < -0.39 is 29.3 Å². The lowest BCUT2D eigenvalue weighted by Gasteiger charge is -2.03. The summed E-state index contributed by atoms with van der Waals surface area (Å²) in [6.45, 7) is 0. The fraction of sp³-hybridized carbons (Fsp3) is 0. The molecule has 0 aromatic heterocycles. The molecule has 0 spiro atoms. The molecule has 0 amide bonds. The first-order valence-corrected chi connectivity index (χ1v) is 3.81. The topological polar surface area (TPSA) is 121 Å². The summed E-state index contributed by atoms with van der Waals surface area (Å²) >= 11 is 0. The van der Waals surface area contributed by atoms with Crippen LogP contribution in [0.25, 0.3) is 0 Å². The van der Waals surface area contributed by atoms with Crippen LogP contribution in [0.3, 0.4) is 0 Å². The standard InChI is InChI=1S/C7H6BNO6/c10-7(11)5-3-4(9(14)15)1-2-6(5)8(12)13/h1-3,12-13H,(H,10,11). The lowest BCUT2D eigenvalue weighted by atomic mass is 9.77.